The molecule has 0 saturated carbocycles. The van der Waals surface area contributed by atoms with Crippen LogP contribution in [0, 0.1) is 13.8 Å². The molecule has 1 aromatic rings. The van der Waals surface area contributed by atoms with Gasteiger partial charge in [-0.1, -0.05) is 0 Å². The van der Waals surface area contributed by atoms with E-state index in [-0.39, 0.29) is 18.1 Å². The second kappa shape index (κ2) is 3.58. The fourth-order valence-electron chi connectivity index (χ4n) is 1.23. The molecular formula is C10H13NO2. The molecule has 70 valence electrons. The van der Waals surface area contributed by atoms with Crippen LogP contribution < -0.4 is 5.73 Å². The van der Waals surface area contributed by atoms with E-state index in [2.05, 4.69) is 0 Å². The smallest absolute Gasteiger partial charge is 0.176 e. The van der Waals surface area contributed by atoms with Gasteiger partial charge in [0.1, 0.15) is 5.75 Å². The quantitative estimate of drug-likeness (QED) is 0.669. The van der Waals surface area contributed by atoms with Crippen LogP contribution in [-0.4, -0.2) is 17.4 Å². The van der Waals surface area contributed by atoms with Gasteiger partial charge in [-0.05, 0) is 37.1 Å². The maximum absolute atomic E-state index is 11.2. The van der Waals surface area contributed by atoms with Crippen molar-refractivity contribution in [3.05, 3.63) is 28.8 Å². The van der Waals surface area contributed by atoms with Crippen LogP contribution in [0.15, 0.2) is 12.1 Å². The predicted octanol–water partition coefficient (Wildman–Crippen LogP) is 1.15. The monoisotopic (exact) mass is 179 g/mol. The van der Waals surface area contributed by atoms with Gasteiger partial charge in [0.15, 0.2) is 5.78 Å². The van der Waals surface area contributed by atoms with Crippen molar-refractivity contribution in [2.45, 2.75) is 13.8 Å². The summed E-state index contributed by atoms with van der Waals surface area (Å²) in [4.78, 5) is 11.2. The average molecular weight is 179 g/mol. The van der Waals surface area contributed by atoms with Crippen LogP contribution in [0.25, 0.3) is 0 Å². The molecule has 0 unspecified atom stereocenters. The van der Waals surface area contributed by atoms with Crippen molar-refractivity contribution < 1.29 is 9.90 Å². The first kappa shape index (κ1) is 9.74. The number of benzene rings is 1. The third-order valence-corrected chi connectivity index (χ3v) is 2.00. The predicted molar refractivity (Wildman–Crippen MR) is 51.0 cm³/mol. The van der Waals surface area contributed by atoms with Crippen LogP contribution in [0.5, 0.6) is 5.75 Å². The van der Waals surface area contributed by atoms with Crippen LogP contribution >= 0.6 is 0 Å². The van der Waals surface area contributed by atoms with Gasteiger partial charge in [-0.15, -0.1) is 0 Å². The fourth-order valence-corrected chi connectivity index (χ4v) is 1.23. The molecule has 0 aromatic heterocycles. The Hall–Kier alpha value is -1.35. The van der Waals surface area contributed by atoms with E-state index in [0.29, 0.717) is 16.7 Å². The molecule has 0 radical (unpaired) electrons. The van der Waals surface area contributed by atoms with Gasteiger partial charge in [0.05, 0.1) is 6.54 Å². The molecule has 0 bridgehead atoms. The van der Waals surface area contributed by atoms with Gasteiger partial charge < -0.3 is 10.8 Å². The maximum Gasteiger partial charge on any atom is 0.176 e. The van der Waals surface area contributed by atoms with Crippen LogP contribution in [0.3, 0.4) is 0 Å². The van der Waals surface area contributed by atoms with E-state index < -0.39 is 0 Å². The Bertz CT molecular complexity index is 322. The number of phenolic OH excluding ortho intramolecular Hbond substituents is 1. The minimum absolute atomic E-state index is 0.00363. The van der Waals surface area contributed by atoms with Crippen molar-refractivity contribution in [3.63, 3.8) is 0 Å². The highest BCUT2D eigenvalue weighted by atomic mass is 16.3. The van der Waals surface area contributed by atoms with E-state index >= 15 is 0 Å². The molecule has 0 saturated heterocycles. The summed E-state index contributed by atoms with van der Waals surface area (Å²) in [6.45, 7) is 3.52. The summed E-state index contributed by atoms with van der Waals surface area (Å²) < 4.78 is 0. The van der Waals surface area contributed by atoms with Crippen LogP contribution in [0.4, 0.5) is 0 Å². The molecule has 0 aliphatic carbocycles. The van der Waals surface area contributed by atoms with E-state index in [1.165, 1.54) is 0 Å². The first-order chi connectivity index (χ1) is 6.06. The van der Waals surface area contributed by atoms with E-state index in [1.807, 2.05) is 0 Å². The highest BCUT2D eigenvalue weighted by Gasteiger charge is 2.07. The lowest BCUT2D eigenvalue weighted by Crippen LogP contribution is -2.13. The van der Waals surface area contributed by atoms with Crippen LogP contribution in [0.1, 0.15) is 21.5 Å². The molecule has 0 aliphatic rings. The number of aryl methyl sites for hydroxylation is 2. The Morgan fingerprint density at radius 2 is 1.85 bits per heavy atom. The standard InChI is InChI=1S/C10H13NO2/c1-6-3-8(9(12)5-11)4-7(2)10(6)13/h3-4,13H,5,11H2,1-2H3. The van der Waals surface area contributed by atoms with Crippen molar-refractivity contribution >= 4 is 5.78 Å². The molecule has 0 aliphatic heterocycles. The Balaban J connectivity index is 3.20. The van der Waals surface area contributed by atoms with Crippen molar-refractivity contribution in [2.75, 3.05) is 6.54 Å². The Kier molecular flexibility index (Phi) is 2.68. The topological polar surface area (TPSA) is 63.3 Å². The largest absolute Gasteiger partial charge is 0.507 e. The van der Waals surface area contributed by atoms with Gasteiger partial charge >= 0.3 is 0 Å². The van der Waals surface area contributed by atoms with E-state index in [9.17, 15) is 9.90 Å². The number of hydrogen-bond donors (Lipinski definition) is 2. The van der Waals surface area contributed by atoms with Crippen molar-refractivity contribution in [1.82, 2.24) is 0 Å². The molecule has 1 rings (SSSR count). The molecule has 0 amide bonds. The molecule has 0 heterocycles. The molecule has 0 atom stereocenters. The Labute approximate surface area is 77.2 Å². The molecule has 13 heavy (non-hydrogen) atoms. The zero-order chi connectivity index (χ0) is 10.0. The summed E-state index contributed by atoms with van der Waals surface area (Å²) >= 11 is 0. The van der Waals surface area contributed by atoms with Crippen molar-refractivity contribution in [1.29, 1.82) is 0 Å². The average Bonchev–Trinajstić information content (AvgIpc) is 2.12. The first-order valence-corrected chi connectivity index (χ1v) is 4.09. The Morgan fingerprint density at radius 1 is 1.38 bits per heavy atom. The molecule has 3 N–H and O–H groups in total. The molecule has 1 aromatic carbocycles. The molecule has 3 nitrogen and oxygen atoms in total. The van der Waals surface area contributed by atoms with E-state index in [4.69, 9.17) is 5.73 Å². The van der Waals surface area contributed by atoms with Gasteiger partial charge in [0.2, 0.25) is 0 Å². The third kappa shape index (κ3) is 1.87. The summed E-state index contributed by atoms with van der Waals surface area (Å²) in [7, 11) is 0. The number of Topliss-reactive ketones (excluding diaryl/α,β-unsaturated/α-hetero) is 1. The summed E-state index contributed by atoms with van der Waals surface area (Å²) in [6.07, 6.45) is 0. The number of nitrogens with two attached hydrogens (primary N) is 1. The summed E-state index contributed by atoms with van der Waals surface area (Å²) in [5.41, 5.74) is 7.21. The van der Waals surface area contributed by atoms with Crippen LogP contribution in [-0.2, 0) is 0 Å². The zero-order valence-electron chi connectivity index (χ0n) is 7.79. The second-order valence-electron chi connectivity index (χ2n) is 3.09. The highest BCUT2D eigenvalue weighted by Crippen LogP contribution is 2.22. The lowest BCUT2D eigenvalue weighted by atomic mass is 10.0. The number of carbonyl (C=O) groups excluding carboxylic acids is 1. The minimum atomic E-state index is -0.105. The lowest BCUT2D eigenvalue weighted by molar-refractivity contribution is 0.100. The number of rotatable bonds is 2. The maximum atomic E-state index is 11.2. The second-order valence-corrected chi connectivity index (χ2v) is 3.09. The zero-order valence-corrected chi connectivity index (χ0v) is 7.79. The third-order valence-electron chi connectivity index (χ3n) is 2.00. The number of carbonyl (C=O) groups is 1. The fraction of sp³-hybridized carbons (Fsp3) is 0.300. The summed E-state index contributed by atoms with van der Waals surface area (Å²) in [6, 6.07) is 3.30. The molecule has 0 spiro atoms. The summed E-state index contributed by atoms with van der Waals surface area (Å²) in [5, 5.41) is 9.44. The number of phenols is 1. The van der Waals surface area contributed by atoms with E-state index in [1.54, 1.807) is 26.0 Å². The number of ketones is 1. The number of hydrogen-bond acceptors (Lipinski definition) is 3. The molecule has 3 heteroatoms. The van der Waals surface area contributed by atoms with Crippen molar-refractivity contribution in [3.8, 4) is 5.75 Å². The molecule has 0 fully saturated rings. The summed E-state index contributed by atoms with van der Waals surface area (Å²) in [5.74, 6) is 0.139. The van der Waals surface area contributed by atoms with E-state index in [0.717, 1.165) is 0 Å². The van der Waals surface area contributed by atoms with Gasteiger partial charge in [-0.25, -0.2) is 0 Å². The normalized spacial score (nSPS) is 10.1. The van der Waals surface area contributed by atoms with Gasteiger partial charge in [-0.3, -0.25) is 4.79 Å². The van der Waals surface area contributed by atoms with Gasteiger partial charge in [-0.2, -0.15) is 0 Å². The minimum Gasteiger partial charge on any atom is -0.507 e. The van der Waals surface area contributed by atoms with Gasteiger partial charge in [0.25, 0.3) is 0 Å². The molecular weight excluding hydrogens is 166 g/mol. The Morgan fingerprint density at radius 3 is 2.23 bits per heavy atom. The SMILES string of the molecule is Cc1cc(C(=O)CN)cc(C)c1O. The van der Waals surface area contributed by atoms with Crippen LogP contribution in [0.2, 0.25) is 0 Å². The van der Waals surface area contributed by atoms with Crippen molar-refractivity contribution in [2.24, 2.45) is 5.73 Å². The lowest BCUT2D eigenvalue weighted by Gasteiger charge is -2.05. The first-order valence-electron chi connectivity index (χ1n) is 4.09. The van der Waals surface area contributed by atoms with Gasteiger partial charge in [0, 0.05) is 5.56 Å². The number of aromatic hydroxyl groups is 1. The highest BCUT2D eigenvalue weighted by molar-refractivity contribution is 5.98.